The van der Waals surface area contributed by atoms with E-state index in [1.165, 1.54) is 11.1 Å². The lowest BCUT2D eigenvalue weighted by Crippen LogP contribution is -2.34. The van der Waals surface area contributed by atoms with E-state index in [0.29, 0.717) is 19.5 Å². The van der Waals surface area contributed by atoms with Crippen molar-refractivity contribution in [3.8, 4) is 0 Å². The van der Waals surface area contributed by atoms with Crippen LogP contribution in [-0.4, -0.2) is 36.8 Å². The van der Waals surface area contributed by atoms with Gasteiger partial charge in [-0.15, -0.1) is 0 Å². The number of carbonyl (C=O) groups is 1. The van der Waals surface area contributed by atoms with E-state index in [4.69, 9.17) is 0 Å². The van der Waals surface area contributed by atoms with Crippen LogP contribution in [0, 0.1) is 5.92 Å². The molecule has 3 atom stereocenters. The van der Waals surface area contributed by atoms with Crippen LogP contribution in [-0.2, 0) is 11.2 Å². The van der Waals surface area contributed by atoms with Gasteiger partial charge in [0, 0.05) is 32.0 Å². The Morgan fingerprint density at radius 1 is 1.38 bits per heavy atom. The first kappa shape index (κ1) is 16.0. The van der Waals surface area contributed by atoms with E-state index in [1.807, 2.05) is 0 Å². The molecular weight excluding hydrogens is 264 g/mol. The van der Waals surface area contributed by atoms with Gasteiger partial charge in [-0.1, -0.05) is 38.1 Å². The summed E-state index contributed by atoms with van der Waals surface area (Å²) < 4.78 is 0. The van der Waals surface area contributed by atoms with Gasteiger partial charge in [0.1, 0.15) is 0 Å². The minimum atomic E-state index is -0.343. The van der Waals surface area contributed by atoms with Crippen molar-refractivity contribution in [1.29, 1.82) is 0 Å². The van der Waals surface area contributed by atoms with Crippen LogP contribution in [0.4, 0.5) is 0 Å². The van der Waals surface area contributed by atoms with Crippen LogP contribution < -0.4 is 10.6 Å². The third-order valence-electron chi connectivity index (χ3n) is 4.31. The maximum atomic E-state index is 12.0. The quantitative estimate of drug-likeness (QED) is 0.743. The van der Waals surface area contributed by atoms with Crippen LogP contribution >= 0.6 is 0 Å². The Morgan fingerprint density at radius 2 is 2.10 bits per heavy atom. The first-order valence-corrected chi connectivity index (χ1v) is 7.84. The highest BCUT2D eigenvalue weighted by molar-refractivity contribution is 5.76. The van der Waals surface area contributed by atoms with Crippen molar-refractivity contribution < 1.29 is 9.90 Å². The molecule has 1 heterocycles. The fourth-order valence-electron chi connectivity index (χ4n) is 2.72. The highest BCUT2D eigenvalue weighted by atomic mass is 16.3. The number of aryl methyl sites for hydroxylation is 1. The Morgan fingerprint density at radius 3 is 2.67 bits per heavy atom. The molecule has 1 amide bonds. The number of hydrogen-bond donors (Lipinski definition) is 3. The molecule has 4 heteroatoms. The summed E-state index contributed by atoms with van der Waals surface area (Å²) in [5.41, 5.74) is 2.52. The summed E-state index contributed by atoms with van der Waals surface area (Å²) in [5, 5.41) is 15.8. The third-order valence-corrected chi connectivity index (χ3v) is 4.31. The Labute approximate surface area is 126 Å². The lowest BCUT2D eigenvalue weighted by molar-refractivity contribution is -0.121. The van der Waals surface area contributed by atoms with Crippen LogP contribution in [0.25, 0.3) is 0 Å². The second-order valence-corrected chi connectivity index (χ2v) is 5.99. The second-order valence-electron chi connectivity index (χ2n) is 5.99. The average Bonchev–Trinajstić information content (AvgIpc) is 2.90. The molecular formula is C17H26N2O2. The van der Waals surface area contributed by atoms with Gasteiger partial charge in [-0.25, -0.2) is 0 Å². The van der Waals surface area contributed by atoms with E-state index >= 15 is 0 Å². The summed E-state index contributed by atoms with van der Waals surface area (Å²) in [6.45, 7) is 6.16. The molecule has 1 aromatic carbocycles. The SMILES string of the molecule is CCc1ccc(C(C)CC(=O)NCC2CNCC2O)cc1. The van der Waals surface area contributed by atoms with Gasteiger partial charge < -0.3 is 15.7 Å². The molecule has 4 nitrogen and oxygen atoms in total. The molecule has 116 valence electrons. The predicted molar refractivity (Wildman–Crippen MR) is 84.2 cm³/mol. The van der Waals surface area contributed by atoms with E-state index in [9.17, 15) is 9.90 Å². The number of rotatable bonds is 6. The fraction of sp³-hybridized carbons (Fsp3) is 0.588. The zero-order valence-corrected chi connectivity index (χ0v) is 12.9. The molecule has 2 rings (SSSR count). The number of benzene rings is 1. The van der Waals surface area contributed by atoms with E-state index in [-0.39, 0.29) is 23.8 Å². The molecule has 1 saturated heterocycles. The van der Waals surface area contributed by atoms with Gasteiger partial charge in [-0.05, 0) is 23.5 Å². The number of amides is 1. The molecule has 1 fully saturated rings. The summed E-state index contributed by atoms with van der Waals surface area (Å²) in [6.07, 6.45) is 1.18. The zero-order valence-electron chi connectivity index (χ0n) is 12.9. The van der Waals surface area contributed by atoms with Crippen molar-refractivity contribution >= 4 is 5.91 Å². The topological polar surface area (TPSA) is 61.4 Å². The van der Waals surface area contributed by atoms with E-state index in [2.05, 4.69) is 48.7 Å². The third kappa shape index (κ3) is 4.55. The lowest BCUT2D eigenvalue weighted by Gasteiger charge is -2.16. The van der Waals surface area contributed by atoms with Crippen LogP contribution in [0.2, 0.25) is 0 Å². The monoisotopic (exact) mass is 290 g/mol. The van der Waals surface area contributed by atoms with Gasteiger partial charge >= 0.3 is 0 Å². The molecule has 1 aromatic rings. The van der Waals surface area contributed by atoms with Crippen LogP contribution in [0.5, 0.6) is 0 Å². The number of β-amino-alcohol motifs (C(OH)–C–C–N with tert-alkyl or cyclic N) is 1. The van der Waals surface area contributed by atoms with E-state index in [1.54, 1.807) is 0 Å². The van der Waals surface area contributed by atoms with E-state index < -0.39 is 0 Å². The smallest absolute Gasteiger partial charge is 0.220 e. The number of nitrogens with one attached hydrogen (secondary N) is 2. The highest BCUT2D eigenvalue weighted by Crippen LogP contribution is 2.19. The summed E-state index contributed by atoms with van der Waals surface area (Å²) in [7, 11) is 0. The normalized spacial score (nSPS) is 23.0. The number of hydrogen-bond acceptors (Lipinski definition) is 3. The molecule has 0 bridgehead atoms. The van der Waals surface area contributed by atoms with Crippen molar-refractivity contribution in [3.63, 3.8) is 0 Å². The van der Waals surface area contributed by atoms with Crippen molar-refractivity contribution in [2.75, 3.05) is 19.6 Å². The number of carbonyl (C=O) groups excluding carboxylic acids is 1. The lowest BCUT2D eigenvalue weighted by atomic mass is 9.96. The van der Waals surface area contributed by atoms with E-state index in [0.717, 1.165) is 13.0 Å². The minimum Gasteiger partial charge on any atom is -0.391 e. The van der Waals surface area contributed by atoms with Gasteiger partial charge in [0.2, 0.25) is 5.91 Å². The first-order chi connectivity index (χ1) is 10.1. The Bertz CT molecular complexity index is 458. The van der Waals surface area contributed by atoms with Gasteiger partial charge in [-0.3, -0.25) is 4.79 Å². The van der Waals surface area contributed by atoms with Crippen LogP contribution in [0.15, 0.2) is 24.3 Å². The number of aliphatic hydroxyl groups excluding tert-OH is 1. The molecule has 1 aliphatic rings. The molecule has 0 aliphatic carbocycles. The average molecular weight is 290 g/mol. The molecule has 0 spiro atoms. The molecule has 0 radical (unpaired) electrons. The zero-order chi connectivity index (χ0) is 15.2. The molecule has 21 heavy (non-hydrogen) atoms. The van der Waals surface area contributed by atoms with Gasteiger partial charge in [0.15, 0.2) is 0 Å². The minimum absolute atomic E-state index is 0.0566. The molecule has 1 aliphatic heterocycles. The standard InChI is InChI=1S/C17H26N2O2/c1-3-13-4-6-14(7-5-13)12(2)8-17(21)19-10-15-9-18-11-16(15)20/h4-7,12,15-16,18,20H,3,8-11H2,1-2H3,(H,19,21). The fourth-order valence-corrected chi connectivity index (χ4v) is 2.72. The Kier molecular flexibility index (Phi) is 5.76. The van der Waals surface area contributed by atoms with Crippen LogP contribution in [0.1, 0.15) is 37.3 Å². The Balaban J connectivity index is 1.78. The van der Waals surface area contributed by atoms with Crippen molar-refractivity contribution in [1.82, 2.24) is 10.6 Å². The molecule has 3 unspecified atom stereocenters. The summed E-state index contributed by atoms with van der Waals surface area (Å²) >= 11 is 0. The summed E-state index contributed by atoms with van der Waals surface area (Å²) in [5.74, 6) is 0.400. The molecule has 3 N–H and O–H groups in total. The van der Waals surface area contributed by atoms with Crippen molar-refractivity contribution in [2.45, 2.75) is 38.7 Å². The van der Waals surface area contributed by atoms with Gasteiger partial charge in [0.05, 0.1) is 6.10 Å². The maximum absolute atomic E-state index is 12.0. The highest BCUT2D eigenvalue weighted by Gasteiger charge is 2.25. The predicted octanol–water partition coefficient (Wildman–Crippen LogP) is 1.44. The van der Waals surface area contributed by atoms with Gasteiger partial charge in [-0.2, -0.15) is 0 Å². The maximum Gasteiger partial charge on any atom is 0.220 e. The summed E-state index contributed by atoms with van der Waals surface area (Å²) in [4.78, 5) is 12.0. The largest absolute Gasteiger partial charge is 0.391 e. The number of aliphatic hydroxyl groups is 1. The molecule has 0 saturated carbocycles. The van der Waals surface area contributed by atoms with Crippen molar-refractivity contribution in [2.24, 2.45) is 5.92 Å². The van der Waals surface area contributed by atoms with Crippen LogP contribution in [0.3, 0.4) is 0 Å². The summed E-state index contributed by atoms with van der Waals surface area (Å²) in [6, 6.07) is 8.48. The van der Waals surface area contributed by atoms with Gasteiger partial charge in [0.25, 0.3) is 0 Å². The second kappa shape index (κ2) is 7.57. The first-order valence-electron chi connectivity index (χ1n) is 7.84. The molecule has 0 aromatic heterocycles. The Hall–Kier alpha value is -1.39. The van der Waals surface area contributed by atoms with Crippen molar-refractivity contribution in [3.05, 3.63) is 35.4 Å².